The van der Waals surface area contributed by atoms with Crippen LogP contribution in [0.4, 0.5) is 10.3 Å². The van der Waals surface area contributed by atoms with Crippen molar-refractivity contribution in [1.82, 2.24) is 19.9 Å². The number of hydrogen-bond donors (Lipinski definition) is 1. The summed E-state index contributed by atoms with van der Waals surface area (Å²) in [7, 11) is 0. The standard InChI is InChI=1S/C8H6FN5S/c9-5-3-13-8(10)14-7(5)15-6-4-11-1-2-12-6/h1-4H,(H2,10,13,14). The highest BCUT2D eigenvalue weighted by Gasteiger charge is 2.08. The molecule has 0 aromatic carbocycles. The molecular formula is C8H6FN5S. The zero-order valence-corrected chi connectivity index (χ0v) is 8.28. The molecule has 0 saturated carbocycles. The Bertz CT molecular complexity index is 464. The van der Waals surface area contributed by atoms with E-state index in [9.17, 15) is 4.39 Å². The van der Waals surface area contributed by atoms with Gasteiger partial charge in [0.2, 0.25) is 5.95 Å². The van der Waals surface area contributed by atoms with E-state index in [2.05, 4.69) is 19.9 Å². The van der Waals surface area contributed by atoms with E-state index in [-0.39, 0.29) is 11.0 Å². The maximum Gasteiger partial charge on any atom is 0.221 e. The molecular weight excluding hydrogens is 217 g/mol. The van der Waals surface area contributed by atoms with Crippen LogP contribution in [0.15, 0.2) is 34.8 Å². The van der Waals surface area contributed by atoms with Crippen LogP contribution < -0.4 is 5.73 Å². The van der Waals surface area contributed by atoms with E-state index in [0.717, 1.165) is 18.0 Å². The number of anilines is 1. The molecule has 0 aliphatic carbocycles. The van der Waals surface area contributed by atoms with Crippen molar-refractivity contribution in [2.24, 2.45) is 0 Å². The molecule has 2 rings (SSSR count). The van der Waals surface area contributed by atoms with Crippen LogP contribution in [0, 0.1) is 5.82 Å². The van der Waals surface area contributed by atoms with Crippen molar-refractivity contribution >= 4 is 17.7 Å². The van der Waals surface area contributed by atoms with Crippen LogP contribution in [0.1, 0.15) is 0 Å². The molecule has 15 heavy (non-hydrogen) atoms. The quantitative estimate of drug-likeness (QED) is 0.769. The van der Waals surface area contributed by atoms with Gasteiger partial charge in [0.25, 0.3) is 0 Å². The van der Waals surface area contributed by atoms with Gasteiger partial charge in [-0.05, 0) is 11.8 Å². The van der Waals surface area contributed by atoms with Crippen molar-refractivity contribution < 1.29 is 4.39 Å². The molecule has 2 aromatic heterocycles. The minimum absolute atomic E-state index is 0.0304. The van der Waals surface area contributed by atoms with Gasteiger partial charge in [0.1, 0.15) is 10.1 Å². The third kappa shape index (κ3) is 2.38. The first kappa shape index (κ1) is 9.78. The molecule has 0 bridgehead atoms. The largest absolute Gasteiger partial charge is 0.368 e. The molecule has 0 amide bonds. The molecule has 0 atom stereocenters. The second kappa shape index (κ2) is 4.18. The number of hydrogen-bond acceptors (Lipinski definition) is 6. The van der Waals surface area contributed by atoms with Crippen LogP contribution in [0.2, 0.25) is 0 Å². The average Bonchev–Trinajstić information content (AvgIpc) is 2.25. The molecule has 0 unspecified atom stereocenters. The lowest BCUT2D eigenvalue weighted by Gasteiger charge is -2.00. The highest BCUT2D eigenvalue weighted by molar-refractivity contribution is 7.99. The number of aromatic nitrogens is 4. The minimum Gasteiger partial charge on any atom is -0.368 e. The van der Waals surface area contributed by atoms with Gasteiger partial charge >= 0.3 is 0 Å². The third-order valence-electron chi connectivity index (χ3n) is 1.47. The van der Waals surface area contributed by atoms with Gasteiger partial charge in [0.15, 0.2) is 5.82 Å². The summed E-state index contributed by atoms with van der Waals surface area (Å²) in [6.07, 6.45) is 5.60. The Kier molecular flexibility index (Phi) is 2.72. The second-order valence-electron chi connectivity index (χ2n) is 2.53. The van der Waals surface area contributed by atoms with E-state index in [1.165, 1.54) is 18.6 Å². The fourth-order valence-electron chi connectivity index (χ4n) is 0.873. The summed E-state index contributed by atoms with van der Waals surface area (Å²) in [6, 6.07) is 0. The molecule has 2 heterocycles. The predicted octanol–water partition coefficient (Wildman–Crippen LogP) is 1.14. The summed E-state index contributed by atoms with van der Waals surface area (Å²) in [5.74, 6) is -0.498. The van der Waals surface area contributed by atoms with Gasteiger partial charge in [-0.15, -0.1) is 0 Å². The Morgan fingerprint density at radius 1 is 1.20 bits per heavy atom. The molecule has 7 heteroatoms. The summed E-state index contributed by atoms with van der Waals surface area (Å²) in [5.41, 5.74) is 5.34. The van der Waals surface area contributed by atoms with E-state index in [4.69, 9.17) is 5.73 Å². The molecule has 2 aromatic rings. The first-order valence-corrected chi connectivity index (χ1v) is 4.79. The highest BCUT2D eigenvalue weighted by atomic mass is 32.2. The number of nitrogens with two attached hydrogens (primary N) is 1. The topological polar surface area (TPSA) is 77.6 Å². The Balaban J connectivity index is 2.28. The fourth-order valence-corrected chi connectivity index (χ4v) is 1.59. The van der Waals surface area contributed by atoms with Crippen LogP contribution in [0.25, 0.3) is 0 Å². The monoisotopic (exact) mass is 223 g/mol. The fraction of sp³-hybridized carbons (Fsp3) is 0. The highest BCUT2D eigenvalue weighted by Crippen LogP contribution is 2.25. The molecule has 0 radical (unpaired) electrons. The van der Waals surface area contributed by atoms with Gasteiger partial charge in [-0.3, -0.25) is 4.98 Å². The molecule has 5 nitrogen and oxygen atoms in total. The van der Waals surface area contributed by atoms with Crippen molar-refractivity contribution in [2.45, 2.75) is 10.1 Å². The Morgan fingerprint density at radius 2 is 2.07 bits per heavy atom. The molecule has 76 valence electrons. The minimum atomic E-state index is -0.528. The van der Waals surface area contributed by atoms with Crippen molar-refractivity contribution in [3.05, 3.63) is 30.6 Å². The van der Waals surface area contributed by atoms with Gasteiger partial charge in [0.05, 0.1) is 12.4 Å². The number of halogens is 1. The maximum atomic E-state index is 13.2. The Hall–Kier alpha value is -1.76. The molecule has 0 fully saturated rings. The van der Waals surface area contributed by atoms with Gasteiger partial charge in [-0.2, -0.15) is 0 Å². The molecule has 0 saturated heterocycles. The van der Waals surface area contributed by atoms with E-state index in [0.29, 0.717) is 5.03 Å². The summed E-state index contributed by atoms with van der Waals surface area (Å²) in [5, 5.41) is 0.692. The van der Waals surface area contributed by atoms with E-state index < -0.39 is 5.82 Å². The number of rotatable bonds is 2. The van der Waals surface area contributed by atoms with Crippen LogP contribution in [0.5, 0.6) is 0 Å². The summed E-state index contributed by atoms with van der Waals surface area (Å²) in [6.45, 7) is 0. The predicted molar refractivity (Wildman–Crippen MR) is 52.6 cm³/mol. The van der Waals surface area contributed by atoms with Crippen molar-refractivity contribution in [2.75, 3.05) is 5.73 Å². The Labute approximate surface area is 89.0 Å². The SMILES string of the molecule is Nc1ncc(F)c(Sc2cnccn2)n1. The molecule has 0 aliphatic heterocycles. The van der Waals surface area contributed by atoms with Gasteiger partial charge in [0, 0.05) is 12.4 Å². The van der Waals surface area contributed by atoms with Gasteiger partial charge in [-0.25, -0.2) is 19.3 Å². The summed E-state index contributed by atoms with van der Waals surface area (Å²) >= 11 is 1.05. The summed E-state index contributed by atoms with van der Waals surface area (Å²) < 4.78 is 13.2. The number of nitrogens with zero attached hydrogens (tertiary/aromatic N) is 4. The molecule has 0 aliphatic rings. The van der Waals surface area contributed by atoms with E-state index in [1.54, 1.807) is 0 Å². The van der Waals surface area contributed by atoms with Crippen LogP contribution >= 0.6 is 11.8 Å². The van der Waals surface area contributed by atoms with Crippen molar-refractivity contribution in [1.29, 1.82) is 0 Å². The molecule has 0 spiro atoms. The first-order valence-electron chi connectivity index (χ1n) is 3.97. The van der Waals surface area contributed by atoms with Crippen molar-refractivity contribution in [3.63, 3.8) is 0 Å². The van der Waals surface area contributed by atoms with Gasteiger partial charge < -0.3 is 5.73 Å². The normalized spacial score (nSPS) is 10.2. The van der Waals surface area contributed by atoms with Gasteiger partial charge in [-0.1, -0.05) is 0 Å². The van der Waals surface area contributed by atoms with Crippen LogP contribution in [-0.2, 0) is 0 Å². The van der Waals surface area contributed by atoms with Crippen molar-refractivity contribution in [3.8, 4) is 0 Å². The summed E-state index contributed by atoms with van der Waals surface area (Å²) in [4.78, 5) is 15.1. The lowest BCUT2D eigenvalue weighted by Crippen LogP contribution is -1.98. The van der Waals surface area contributed by atoms with E-state index >= 15 is 0 Å². The average molecular weight is 223 g/mol. The lowest BCUT2D eigenvalue weighted by molar-refractivity contribution is 0.580. The Morgan fingerprint density at radius 3 is 2.80 bits per heavy atom. The van der Waals surface area contributed by atoms with Crippen LogP contribution in [-0.4, -0.2) is 19.9 Å². The first-order chi connectivity index (χ1) is 7.25. The maximum absolute atomic E-state index is 13.2. The smallest absolute Gasteiger partial charge is 0.221 e. The van der Waals surface area contributed by atoms with E-state index in [1.807, 2.05) is 0 Å². The van der Waals surface area contributed by atoms with Crippen LogP contribution in [0.3, 0.4) is 0 Å². The zero-order valence-electron chi connectivity index (χ0n) is 7.46. The zero-order chi connectivity index (χ0) is 10.7. The third-order valence-corrected chi connectivity index (χ3v) is 2.37. The number of nitrogen functional groups attached to an aromatic ring is 1. The lowest BCUT2D eigenvalue weighted by atomic mass is 10.6. The molecule has 2 N–H and O–H groups in total. The second-order valence-corrected chi connectivity index (χ2v) is 3.54.